The molecule has 1 aliphatic carbocycles. The average Bonchev–Trinajstić information content (AvgIpc) is 2.47. The molecule has 1 aliphatic rings. The molecular weight excluding hydrogens is 314 g/mol. The monoisotopic (exact) mass is 331 g/mol. The number of alkyl halides is 1. The normalized spacial score (nSPS) is 22.3. The summed E-state index contributed by atoms with van der Waals surface area (Å²) in [6, 6.07) is 9.30. The molecule has 1 aromatic rings. The van der Waals surface area contributed by atoms with Crippen molar-refractivity contribution in [1.29, 1.82) is 0 Å². The Morgan fingerprint density at radius 1 is 1.30 bits per heavy atom. The number of halogens is 1. The molecule has 0 spiro atoms. The van der Waals surface area contributed by atoms with Crippen molar-refractivity contribution in [2.24, 2.45) is 0 Å². The van der Waals surface area contributed by atoms with E-state index in [0.717, 1.165) is 12.0 Å². The Morgan fingerprint density at radius 3 is 2.55 bits per heavy atom. The van der Waals surface area contributed by atoms with Crippen molar-refractivity contribution in [3.05, 3.63) is 71.8 Å². The summed E-state index contributed by atoms with van der Waals surface area (Å²) < 4.78 is -0.117. The lowest BCUT2D eigenvalue weighted by atomic mass is 10.0. The molecule has 0 bridgehead atoms. The Hall–Kier alpha value is -1.45. The van der Waals surface area contributed by atoms with E-state index >= 15 is 0 Å². The van der Waals surface area contributed by atoms with Gasteiger partial charge in [-0.25, -0.2) is 0 Å². The minimum atomic E-state index is -0.117. The van der Waals surface area contributed by atoms with E-state index in [1.165, 1.54) is 0 Å². The lowest BCUT2D eigenvalue weighted by molar-refractivity contribution is 0.104. The first-order valence-corrected chi connectivity index (χ1v) is 7.34. The summed E-state index contributed by atoms with van der Waals surface area (Å²) in [5, 5.41) is 0. The number of benzene rings is 1. The molecule has 1 aromatic carbocycles. The van der Waals surface area contributed by atoms with Gasteiger partial charge in [0.1, 0.15) is 0 Å². The molecule has 3 heteroatoms. The number of hydrogen-bond donors (Lipinski definition) is 0. The SMILES string of the molecule is CN(C)C1(Br)C=CC(C=CC(=O)c2ccccc2)=CC1. The van der Waals surface area contributed by atoms with Crippen LogP contribution in [0.3, 0.4) is 0 Å². The van der Waals surface area contributed by atoms with Crippen molar-refractivity contribution >= 4 is 21.7 Å². The van der Waals surface area contributed by atoms with E-state index in [0.29, 0.717) is 5.56 Å². The van der Waals surface area contributed by atoms with Crippen LogP contribution in [-0.2, 0) is 0 Å². The van der Waals surface area contributed by atoms with Gasteiger partial charge in [0.2, 0.25) is 0 Å². The fourth-order valence-corrected chi connectivity index (χ4v) is 2.24. The summed E-state index contributed by atoms with van der Waals surface area (Å²) in [6.07, 6.45) is 10.6. The van der Waals surface area contributed by atoms with Crippen LogP contribution in [0.15, 0.2) is 66.3 Å². The van der Waals surface area contributed by atoms with Crippen LogP contribution in [0.2, 0.25) is 0 Å². The number of allylic oxidation sites excluding steroid dienone is 4. The third-order valence-corrected chi connectivity index (χ3v) is 4.68. The molecule has 0 aromatic heterocycles. The fourth-order valence-electron chi connectivity index (χ4n) is 1.95. The van der Waals surface area contributed by atoms with Gasteiger partial charge in [0.25, 0.3) is 0 Å². The van der Waals surface area contributed by atoms with Gasteiger partial charge in [-0.2, -0.15) is 0 Å². The largest absolute Gasteiger partial charge is 0.291 e. The highest BCUT2D eigenvalue weighted by atomic mass is 79.9. The first-order valence-electron chi connectivity index (χ1n) is 6.54. The van der Waals surface area contributed by atoms with Crippen LogP contribution in [0.4, 0.5) is 0 Å². The molecule has 104 valence electrons. The summed E-state index contributed by atoms with van der Waals surface area (Å²) in [6.45, 7) is 0. The predicted molar refractivity (Wildman–Crippen MR) is 87.1 cm³/mol. The molecule has 0 radical (unpaired) electrons. The number of ketones is 1. The highest BCUT2D eigenvalue weighted by Crippen LogP contribution is 2.31. The van der Waals surface area contributed by atoms with E-state index < -0.39 is 0 Å². The number of likely N-dealkylation sites (N-methyl/N-ethyl adjacent to an activating group) is 1. The Balaban J connectivity index is 2.03. The standard InChI is InChI=1S/C17H18BrNO/c1-19(2)17(18)12-10-14(11-13-17)8-9-16(20)15-6-4-3-5-7-15/h3-12H,13H2,1-2H3. The van der Waals surface area contributed by atoms with E-state index in [2.05, 4.69) is 33.0 Å². The number of hydrogen-bond acceptors (Lipinski definition) is 2. The number of rotatable bonds is 4. The molecule has 0 saturated heterocycles. The van der Waals surface area contributed by atoms with Gasteiger partial charge in [0, 0.05) is 5.56 Å². The molecule has 0 heterocycles. The van der Waals surface area contributed by atoms with Gasteiger partial charge in [-0.1, -0.05) is 70.6 Å². The third-order valence-electron chi connectivity index (χ3n) is 3.38. The van der Waals surface area contributed by atoms with Crippen molar-refractivity contribution in [3.63, 3.8) is 0 Å². The van der Waals surface area contributed by atoms with Gasteiger partial charge in [-0.3, -0.25) is 9.69 Å². The van der Waals surface area contributed by atoms with Gasteiger partial charge in [-0.15, -0.1) is 0 Å². The molecule has 0 amide bonds. The molecular formula is C17H18BrNO. The Bertz CT molecular complexity index is 572. The molecule has 2 nitrogen and oxygen atoms in total. The van der Waals surface area contributed by atoms with Crippen molar-refractivity contribution in [1.82, 2.24) is 4.90 Å². The zero-order valence-corrected chi connectivity index (χ0v) is 13.3. The van der Waals surface area contributed by atoms with Crippen molar-refractivity contribution in [3.8, 4) is 0 Å². The zero-order valence-electron chi connectivity index (χ0n) is 11.7. The maximum absolute atomic E-state index is 12.0. The van der Waals surface area contributed by atoms with Crippen LogP contribution >= 0.6 is 15.9 Å². The molecule has 0 aliphatic heterocycles. The van der Waals surface area contributed by atoms with Crippen molar-refractivity contribution in [2.45, 2.75) is 10.9 Å². The highest BCUT2D eigenvalue weighted by molar-refractivity contribution is 9.10. The van der Waals surface area contributed by atoms with Gasteiger partial charge < -0.3 is 0 Å². The van der Waals surface area contributed by atoms with Gasteiger partial charge in [-0.05, 0) is 32.2 Å². The molecule has 0 fully saturated rings. The van der Waals surface area contributed by atoms with Gasteiger partial charge >= 0.3 is 0 Å². The topological polar surface area (TPSA) is 20.3 Å². The molecule has 0 N–H and O–H groups in total. The number of carbonyl (C=O) groups is 1. The minimum Gasteiger partial charge on any atom is -0.291 e. The van der Waals surface area contributed by atoms with Crippen LogP contribution in [0, 0.1) is 0 Å². The van der Waals surface area contributed by atoms with Crippen LogP contribution in [0.1, 0.15) is 16.8 Å². The minimum absolute atomic E-state index is 0.0307. The predicted octanol–water partition coefficient (Wildman–Crippen LogP) is 3.96. The Kier molecular flexibility index (Phi) is 4.73. The highest BCUT2D eigenvalue weighted by Gasteiger charge is 2.26. The quantitative estimate of drug-likeness (QED) is 0.360. The second-order valence-electron chi connectivity index (χ2n) is 5.02. The lowest BCUT2D eigenvalue weighted by Crippen LogP contribution is -2.36. The van der Waals surface area contributed by atoms with E-state index in [-0.39, 0.29) is 10.2 Å². The molecule has 2 rings (SSSR count). The smallest absolute Gasteiger partial charge is 0.185 e. The average molecular weight is 332 g/mol. The first kappa shape index (κ1) is 14.9. The Labute approximate surface area is 128 Å². The number of nitrogens with zero attached hydrogens (tertiary/aromatic N) is 1. The van der Waals surface area contributed by atoms with Gasteiger partial charge in [0.05, 0.1) is 4.45 Å². The second-order valence-corrected chi connectivity index (χ2v) is 6.39. The molecule has 1 atom stereocenters. The Morgan fingerprint density at radius 2 is 2.00 bits per heavy atom. The van der Waals surface area contributed by atoms with Crippen LogP contribution < -0.4 is 0 Å². The molecule has 0 saturated carbocycles. The summed E-state index contributed by atoms with van der Waals surface area (Å²) in [7, 11) is 4.07. The first-order chi connectivity index (χ1) is 9.51. The summed E-state index contributed by atoms with van der Waals surface area (Å²) in [4.78, 5) is 14.1. The van der Waals surface area contributed by atoms with E-state index in [1.54, 1.807) is 6.08 Å². The summed E-state index contributed by atoms with van der Waals surface area (Å²) >= 11 is 3.71. The number of carbonyl (C=O) groups excluding carboxylic acids is 1. The molecule has 20 heavy (non-hydrogen) atoms. The van der Waals surface area contributed by atoms with Crippen LogP contribution in [0.5, 0.6) is 0 Å². The van der Waals surface area contributed by atoms with Crippen LogP contribution in [-0.4, -0.2) is 29.2 Å². The van der Waals surface area contributed by atoms with Crippen LogP contribution in [0.25, 0.3) is 0 Å². The van der Waals surface area contributed by atoms with E-state index in [9.17, 15) is 4.79 Å². The van der Waals surface area contributed by atoms with E-state index in [1.807, 2.05) is 56.6 Å². The second kappa shape index (κ2) is 6.33. The third kappa shape index (κ3) is 3.56. The van der Waals surface area contributed by atoms with Gasteiger partial charge in [0.15, 0.2) is 5.78 Å². The molecule has 1 unspecified atom stereocenters. The maximum atomic E-state index is 12.0. The summed E-state index contributed by atoms with van der Waals surface area (Å²) in [5.74, 6) is 0.0307. The van der Waals surface area contributed by atoms with Crippen molar-refractivity contribution in [2.75, 3.05) is 14.1 Å². The maximum Gasteiger partial charge on any atom is 0.185 e. The fraction of sp³-hybridized carbons (Fsp3) is 0.235. The summed E-state index contributed by atoms with van der Waals surface area (Å²) in [5.41, 5.74) is 1.78. The van der Waals surface area contributed by atoms with Crippen molar-refractivity contribution < 1.29 is 4.79 Å². The van der Waals surface area contributed by atoms with E-state index in [4.69, 9.17) is 0 Å². The lowest BCUT2D eigenvalue weighted by Gasteiger charge is -2.32. The zero-order chi connectivity index (χ0) is 14.6.